The first-order chi connectivity index (χ1) is 11.8. The van der Waals surface area contributed by atoms with Crippen molar-refractivity contribution in [2.75, 3.05) is 25.6 Å². The van der Waals surface area contributed by atoms with Gasteiger partial charge in [0.1, 0.15) is 17.9 Å². The van der Waals surface area contributed by atoms with E-state index < -0.39 is 0 Å². The number of fused-ring (bicyclic) bond motifs is 1. The van der Waals surface area contributed by atoms with E-state index in [1.54, 1.807) is 13.4 Å². The Kier molecular flexibility index (Phi) is 5.23. The monoisotopic (exact) mass is 323 g/mol. The van der Waals surface area contributed by atoms with Crippen LogP contribution in [0.2, 0.25) is 0 Å². The topological polar surface area (TPSA) is 56.3 Å². The molecule has 24 heavy (non-hydrogen) atoms. The number of hydrogen-bond donors (Lipinski definition) is 1. The SMILES string of the molecule is COc1cccc(COCCNc2ncnc3cccc(C)c23)c1. The molecule has 0 aliphatic rings. The summed E-state index contributed by atoms with van der Waals surface area (Å²) in [5.41, 5.74) is 3.20. The van der Waals surface area contributed by atoms with E-state index in [2.05, 4.69) is 28.3 Å². The molecule has 0 radical (unpaired) electrons. The minimum Gasteiger partial charge on any atom is -0.497 e. The van der Waals surface area contributed by atoms with Crippen LogP contribution in [0.3, 0.4) is 0 Å². The zero-order valence-corrected chi connectivity index (χ0v) is 14.0. The predicted octanol–water partition coefficient (Wildman–Crippen LogP) is 3.58. The highest BCUT2D eigenvalue weighted by atomic mass is 16.5. The van der Waals surface area contributed by atoms with Crippen molar-refractivity contribution in [3.8, 4) is 5.75 Å². The molecule has 3 rings (SSSR count). The van der Waals surface area contributed by atoms with Crippen LogP contribution in [-0.4, -0.2) is 30.2 Å². The summed E-state index contributed by atoms with van der Waals surface area (Å²) in [5.74, 6) is 1.69. The van der Waals surface area contributed by atoms with Gasteiger partial charge in [-0.25, -0.2) is 9.97 Å². The third-order valence-corrected chi connectivity index (χ3v) is 3.81. The molecule has 0 bridgehead atoms. The van der Waals surface area contributed by atoms with Crippen molar-refractivity contribution < 1.29 is 9.47 Å². The van der Waals surface area contributed by atoms with E-state index in [0.717, 1.165) is 33.6 Å². The number of ether oxygens (including phenoxy) is 2. The Balaban J connectivity index is 1.54. The van der Waals surface area contributed by atoms with Gasteiger partial charge in [0.15, 0.2) is 0 Å². The van der Waals surface area contributed by atoms with Crippen LogP contribution in [0.4, 0.5) is 5.82 Å². The maximum absolute atomic E-state index is 5.72. The summed E-state index contributed by atoms with van der Waals surface area (Å²) in [7, 11) is 1.66. The van der Waals surface area contributed by atoms with Gasteiger partial charge in [0.2, 0.25) is 0 Å². The number of nitrogens with one attached hydrogen (secondary N) is 1. The molecule has 5 nitrogen and oxygen atoms in total. The van der Waals surface area contributed by atoms with Crippen LogP contribution >= 0.6 is 0 Å². The number of rotatable bonds is 7. The van der Waals surface area contributed by atoms with E-state index in [1.165, 1.54) is 0 Å². The number of aromatic nitrogens is 2. The zero-order valence-electron chi connectivity index (χ0n) is 14.0. The molecule has 0 fully saturated rings. The van der Waals surface area contributed by atoms with Gasteiger partial charge < -0.3 is 14.8 Å². The highest BCUT2D eigenvalue weighted by Crippen LogP contribution is 2.22. The molecule has 0 unspecified atom stereocenters. The summed E-state index contributed by atoms with van der Waals surface area (Å²) in [6.45, 7) is 3.90. The first-order valence-electron chi connectivity index (χ1n) is 7.93. The fraction of sp³-hybridized carbons (Fsp3) is 0.263. The molecule has 0 atom stereocenters. The largest absolute Gasteiger partial charge is 0.497 e. The molecule has 5 heteroatoms. The maximum atomic E-state index is 5.72. The van der Waals surface area contributed by atoms with Crippen molar-refractivity contribution in [1.82, 2.24) is 9.97 Å². The summed E-state index contributed by atoms with van der Waals surface area (Å²) in [6, 6.07) is 14.0. The first-order valence-corrected chi connectivity index (χ1v) is 7.93. The Hall–Kier alpha value is -2.66. The van der Waals surface area contributed by atoms with Gasteiger partial charge in [-0.2, -0.15) is 0 Å². The Morgan fingerprint density at radius 3 is 2.83 bits per heavy atom. The number of nitrogens with zero attached hydrogens (tertiary/aromatic N) is 2. The summed E-state index contributed by atoms with van der Waals surface area (Å²) in [6.07, 6.45) is 1.58. The Labute approximate surface area is 141 Å². The summed E-state index contributed by atoms with van der Waals surface area (Å²) >= 11 is 0. The van der Waals surface area contributed by atoms with Gasteiger partial charge in [-0.1, -0.05) is 24.3 Å². The molecule has 0 aliphatic carbocycles. The Morgan fingerprint density at radius 2 is 1.96 bits per heavy atom. The highest BCUT2D eigenvalue weighted by Gasteiger charge is 2.05. The summed E-state index contributed by atoms with van der Waals surface area (Å²) < 4.78 is 10.9. The summed E-state index contributed by atoms with van der Waals surface area (Å²) in [5, 5.41) is 4.40. The minimum absolute atomic E-state index is 0.558. The standard InChI is InChI=1S/C19H21N3O2/c1-14-5-3-8-17-18(14)19(22-13-21-17)20-9-10-24-12-15-6-4-7-16(11-15)23-2/h3-8,11,13H,9-10,12H2,1-2H3,(H,20,21,22). The van der Waals surface area contributed by atoms with E-state index in [4.69, 9.17) is 9.47 Å². The average molecular weight is 323 g/mol. The van der Waals surface area contributed by atoms with Gasteiger partial charge >= 0.3 is 0 Å². The minimum atomic E-state index is 0.558. The van der Waals surface area contributed by atoms with E-state index >= 15 is 0 Å². The molecule has 0 aliphatic heterocycles. The van der Waals surface area contributed by atoms with Gasteiger partial charge in [-0.05, 0) is 36.2 Å². The fourth-order valence-electron chi connectivity index (χ4n) is 2.61. The van der Waals surface area contributed by atoms with E-state index in [1.807, 2.05) is 36.4 Å². The van der Waals surface area contributed by atoms with Crippen LogP contribution in [0.1, 0.15) is 11.1 Å². The van der Waals surface area contributed by atoms with Crippen LogP contribution in [0.5, 0.6) is 5.75 Å². The molecule has 124 valence electrons. The molecule has 1 N–H and O–H groups in total. The number of aryl methyl sites for hydroxylation is 1. The van der Waals surface area contributed by atoms with Crippen LogP contribution in [0.25, 0.3) is 10.9 Å². The van der Waals surface area contributed by atoms with Gasteiger partial charge in [-0.3, -0.25) is 0 Å². The van der Waals surface area contributed by atoms with E-state index in [-0.39, 0.29) is 0 Å². The number of hydrogen-bond acceptors (Lipinski definition) is 5. The van der Waals surface area contributed by atoms with Gasteiger partial charge in [-0.15, -0.1) is 0 Å². The Morgan fingerprint density at radius 1 is 1.08 bits per heavy atom. The van der Waals surface area contributed by atoms with Crippen LogP contribution < -0.4 is 10.1 Å². The molecule has 1 heterocycles. The lowest BCUT2D eigenvalue weighted by molar-refractivity contribution is 0.130. The number of anilines is 1. The lowest BCUT2D eigenvalue weighted by atomic mass is 10.1. The molecule has 0 saturated carbocycles. The second-order valence-electron chi connectivity index (χ2n) is 5.52. The second-order valence-corrected chi connectivity index (χ2v) is 5.52. The predicted molar refractivity (Wildman–Crippen MR) is 95.4 cm³/mol. The third kappa shape index (κ3) is 3.81. The van der Waals surface area contributed by atoms with Crippen molar-refractivity contribution in [3.05, 3.63) is 59.9 Å². The van der Waals surface area contributed by atoms with Gasteiger partial charge in [0.05, 0.1) is 25.8 Å². The third-order valence-electron chi connectivity index (χ3n) is 3.81. The van der Waals surface area contributed by atoms with Crippen molar-refractivity contribution in [2.45, 2.75) is 13.5 Å². The highest BCUT2D eigenvalue weighted by molar-refractivity contribution is 5.91. The van der Waals surface area contributed by atoms with Crippen LogP contribution in [0.15, 0.2) is 48.8 Å². The lowest BCUT2D eigenvalue weighted by Gasteiger charge is -2.10. The maximum Gasteiger partial charge on any atom is 0.137 e. The molecule has 0 amide bonds. The quantitative estimate of drug-likeness (QED) is 0.674. The van der Waals surface area contributed by atoms with Crippen molar-refractivity contribution in [3.63, 3.8) is 0 Å². The molecule has 0 saturated heterocycles. The van der Waals surface area contributed by atoms with Crippen molar-refractivity contribution in [1.29, 1.82) is 0 Å². The van der Waals surface area contributed by atoms with Crippen molar-refractivity contribution in [2.24, 2.45) is 0 Å². The van der Waals surface area contributed by atoms with Gasteiger partial charge in [0.25, 0.3) is 0 Å². The van der Waals surface area contributed by atoms with Gasteiger partial charge in [0, 0.05) is 11.9 Å². The van der Waals surface area contributed by atoms with Crippen LogP contribution in [0, 0.1) is 6.92 Å². The summed E-state index contributed by atoms with van der Waals surface area (Å²) in [4.78, 5) is 8.66. The van der Waals surface area contributed by atoms with Crippen molar-refractivity contribution >= 4 is 16.7 Å². The van der Waals surface area contributed by atoms with E-state index in [0.29, 0.717) is 19.8 Å². The number of benzene rings is 2. The van der Waals surface area contributed by atoms with Crippen LogP contribution in [-0.2, 0) is 11.3 Å². The average Bonchev–Trinajstić information content (AvgIpc) is 2.62. The lowest BCUT2D eigenvalue weighted by Crippen LogP contribution is -2.11. The molecule has 0 spiro atoms. The second kappa shape index (κ2) is 7.75. The number of methoxy groups -OCH3 is 1. The first kappa shape index (κ1) is 16.2. The fourth-order valence-corrected chi connectivity index (χ4v) is 2.61. The zero-order chi connectivity index (χ0) is 16.8. The molecular formula is C19H21N3O2. The molecule has 2 aromatic carbocycles. The van der Waals surface area contributed by atoms with E-state index in [9.17, 15) is 0 Å². The molecule has 3 aromatic rings. The normalized spacial score (nSPS) is 10.8. The molecule has 1 aromatic heterocycles. The molecular weight excluding hydrogens is 302 g/mol. The smallest absolute Gasteiger partial charge is 0.137 e. The Bertz CT molecular complexity index is 815.